The summed E-state index contributed by atoms with van der Waals surface area (Å²) in [6, 6.07) is 8.43. The minimum Gasteiger partial charge on any atom is -0.497 e. The number of carbonyl (C=O) groups is 4. The summed E-state index contributed by atoms with van der Waals surface area (Å²) in [5, 5.41) is 8.97. The van der Waals surface area contributed by atoms with Crippen LogP contribution in [0.25, 0.3) is 0 Å². The fraction of sp³-hybridized carbons (Fsp3) is 0.360. The highest BCUT2D eigenvalue weighted by Crippen LogP contribution is 2.30. The minimum atomic E-state index is -0.532. The van der Waals surface area contributed by atoms with Gasteiger partial charge in [0.05, 0.1) is 12.1 Å². The Hall–Kier alpha value is -4.06. The third-order valence-corrected chi connectivity index (χ3v) is 7.16. The lowest BCUT2D eigenvalue weighted by Crippen LogP contribution is -2.42. The van der Waals surface area contributed by atoms with Gasteiger partial charge in [-0.25, -0.2) is 4.98 Å². The van der Waals surface area contributed by atoms with E-state index in [1.807, 2.05) is 0 Å². The number of hydrogen-bond donors (Lipinski definition) is 3. The van der Waals surface area contributed by atoms with E-state index in [0.717, 1.165) is 23.5 Å². The number of ketones is 1. The molecule has 11 nitrogen and oxygen atoms in total. The number of nitrogens with zero attached hydrogens (tertiary/aromatic N) is 3. The lowest BCUT2D eigenvalue weighted by atomic mass is 9.97. The van der Waals surface area contributed by atoms with Crippen LogP contribution >= 0.6 is 11.3 Å². The van der Waals surface area contributed by atoms with Crippen molar-refractivity contribution in [3.8, 4) is 5.75 Å². The van der Waals surface area contributed by atoms with Crippen molar-refractivity contribution >= 4 is 34.8 Å². The van der Waals surface area contributed by atoms with Gasteiger partial charge in [-0.05, 0) is 50.1 Å². The molecule has 0 radical (unpaired) electrons. The van der Waals surface area contributed by atoms with E-state index in [9.17, 15) is 19.2 Å². The smallest absolute Gasteiger partial charge is 0.290 e. The molecule has 4 rings (SSSR count). The summed E-state index contributed by atoms with van der Waals surface area (Å²) < 4.78 is 5.10. The molecule has 0 bridgehead atoms. The van der Waals surface area contributed by atoms with E-state index < -0.39 is 11.8 Å². The molecule has 0 saturated carbocycles. The number of rotatable bonds is 8. The van der Waals surface area contributed by atoms with Crippen molar-refractivity contribution in [1.82, 2.24) is 30.9 Å². The van der Waals surface area contributed by atoms with E-state index in [0.29, 0.717) is 24.4 Å². The summed E-state index contributed by atoms with van der Waals surface area (Å²) >= 11 is 1.38. The van der Waals surface area contributed by atoms with Gasteiger partial charge in [-0.1, -0.05) is 0 Å². The van der Waals surface area contributed by atoms with Crippen LogP contribution in [0.5, 0.6) is 5.75 Å². The van der Waals surface area contributed by atoms with Crippen LogP contribution in [0.1, 0.15) is 73.6 Å². The summed E-state index contributed by atoms with van der Waals surface area (Å²) in [7, 11) is 1.57. The van der Waals surface area contributed by atoms with Gasteiger partial charge >= 0.3 is 0 Å². The number of H-pyrrole nitrogens is 1. The van der Waals surface area contributed by atoms with Gasteiger partial charge in [-0.15, -0.1) is 11.3 Å². The summed E-state index contributed by atoms with van der Waals surface area (Å²) in [6.45, 7) is 2.91. The SMILES string of the molecule is COc1ccc(C(=O)CCC(=O)N2CCC(c3nc(C(=O)NNC(=O)c4cc(C)[nH]n4)cs3)CC2)cc1. The number of hydrazine groups is 1. The average Bonchev–Trinajstić information content (AvgIpc) is 3.60. The fourth-order valence-corrected chi connectivity index (χ4v) is 5.00. The predicted octanol–water partition coefficient (Wildman–Crippen LogP) is 2.63. The Morgan fingerprint density at radius 3 is 2.35 bits per heavy atom. The third kappa shape index (κ3) is 6.58. The van der Waals surface area contributed by atoms with E-state index in [1.165, 1.54) is 11.3 Å². The summed E-state index contributed by atoms with van der Waals surface area (Å²) in [4.78, 5) is 55.7. The monoisotopic (exact) mass is 524 g/mol. The largest absolute Gasteiger partial charge is 0.497 e. The number of Topliss-reactive ketones (excluding diaryl/α,β-unsaturated/α-hetero) is 1. The van der Waals surface area contributed by atoms with Gasteiger partial charge in [-0.2, -0.15) is 5.10 Å². The first-order chi connectivity index (χ1) is 17.8. The molecule has 1 saturated heterocycles. The zero-order valence-electron chi connectivity index (χ0n) is 20.6. The van der Waals surface area contributed by atoms with Crippen LogP contribution in [0.15, 0.2) is 35.7 Å². The van der Waals surface area contributed by atoms with Crippen LogP contribution in [-0.2, 0) is 4.79 Å². The van der Waals surface area contributed by atoms with Crippen molar-refractivity contribution in [3.63, 3.8) is 0 Å². The van der Waals surface area contributed by atoms with Gasteiger partial charge in [0.1, 0.15) is 11.4 Å². The third-order valence-electron chi connectivity index (χ3n) is 6.16. The molecule has 1 fully saturated rings. The van der Waals surface area contributed by atoms with E-state index in [4.69, 9.17) is 4.74 Å². The lowest BCUT2D eigenvalue weighted by molar-refractivity contribution is -0.132. The second kappa shape index (κ2) is 11.8. The summed E-state index contributed by atoms with van der Waals surface area (Å²) in [6.07, 6.45) is 1.77. The number of nitrogens with one attached hydrogen (secondary N) is 3. The van der Waals surface area contributed by atoms with Crippen molar-refractivity contribution in [2.45, 2.75) is 38.5 Å². The Morgan fingerprint density at radius 2 is 1.73 bits per heavy atom. The molecule has 0 spiro atoms. The van der Waals surface area contributed by atoms with Crippen molar-refractivity contribution < 1.29 is 23.9 Å². The van der Waals surface area contributed by atoms with Crippen LogP contribution < -0.4 is 15.6 Å². The molecular weight excluding hydrogens is 496 g/mol. The molecule has 0 atom stereocenters. The molecule has 1 aliphatic heterocycles. The van der Waals surface area contributed by atoms with Crippen molar-refractivity contribution in [2.75, 3.05) is 20.2 Å². The van der Waals surface area contributed by atoms with Crippen LogP contribution in [0, 0.1) is 6.92 Å². The first-order valence-electron chi connectivity index (χ1n) is 11.9. The second-order valence-electron chi connectivity index (χ2n) is 8.72. The van der Waals surface area contributed by atoms with Crippen LogP contribution in [-0.4, -0.2) is 63.8 Å². The number of amides is 3. The number of aromatic nitrogens is 3. The molecule has 194 valence electrons. The van der Waals surface area contributed by atoms with Crippen LogP contribution in [0.2, 0.25) is 0 Å². The first-order valence-corrected chi connectivity index (χ1v) is 12.7. The number of ether oxygens (including phenoxy) is 1. The van der Waals surface area contributed by atoms with E-state index in [2.05, 4.69) is 26.0 Å². The number of carbonyl (C=O) groups excluding carboxylic acids is 4. The highest BCUT2D eigenvalue weighted by atomic mass is 32.1. The number of methoxy groups -OCH3 is 1. The maximum Gasteiger partial charge on any atom is 0.290 e. The number of likely N-dealkylation sites (tertiary alicyclic amines) is 1. The summed E-state index contributed by atoms with van der Waals surface area (Å²) in [5.74, 6) is -0.348. The molecular formula is C25H28N6O5S. The Balaban J connectivity index is 1.21. The predicted molar refractivity (Wildman–Crippen MR) is 135 cm³/mol. The number of thiazole rings is 1. The van der Waals surface area contributed by atoms with Gasteiger partial charge in [0.25, 0.3) is 11.8 Å². The molecule has 1 aromatic carbocycles. The molecule has 3 N–H and O–H groups in total. The molecule has 0 unspecified atom stereocenters. The maximum absolute atomic E-state index is 12.6. The Labute approximate surface area is 217 Å². The van der Waals surface area contributed by atoms with Crippen LogP contribution in [0.4, 0.5) is 0 Å². The van der Waals surface area contributed by atoms with Crippen molar-refractivity contribution in [3.05, 3.63) is 63.4 Å². The molecule has 3 aromatic rings. The normalized spacial score (nSPS) is 13.7. The molecule has 3 heterocycles. The molecule has 0 aliphatic carbocycles. The number of benzene rings is 1. The Bertz CT molecular complexity index is 1280. The van der Waals surface area contributed by atoms with Gasteiger partial charge < -0.3 is 9.64 Å². The number of aryl methyl sites for hydroxylation is 1. The highest BCUT2D eigenvalue weighted by Gasteiger charge is 2.26. The van der Waals surface area contributed by atoms with Gasteiger partial charge in [0.15, 0.2) is 11.5 Å². The maximum atomic E-state index is 12.6. The molecule has 12 heteroatoms. The van der Waals surface area contributed by atoms with E-state index in [1.54, 1.807) is 54.6 Å². The first kappa shape index (κ1) is 26.0. The molecule has 1 aliphatic rings. The molecule has 37 heavy (non-hydrogen) atoms. The number of piperidine rings is 1. The highest BCUT2D eigenvalue weighted by molar-refractivity contribution is 7.09. The average molecular weight is 525 g/mol. The van der Waals surface area contributed by atoms with Crippen molar-refractivity contribution in [2.24, 2.45) is 0 Å². The van der Waals surface area contributed by atoms with Gasteiger partial charge in [-0.3, -0.25) is 35.1 Å². The summed E-state index contributed by atoms with van der Waals surface area (Å²) in [5.41, 5.74) is 6.35. The topological polar surface area (TPSA) is 146 Å². The lowest BCUT2D eigenvalue weighted by Gasteiger charge is -2.31. The van der Waals surface area contributed by atoms with Gasteiger partial charge in [0.2, 0.25) is 5.91 Å². The number of aromatic amines is 1. The quantitative estimate of drug-likeness (QED) is 0.303. The molecule has 2 aromatic heterocycles. The Kier molecular flexibility index (Phi) is 8.29. The fourth-order valence-electron chi connectivity index (χ4n) is 4.03. The molecule has 3 amide bonds. The van der Waals surface area contributed by atoms with Crippen molar-refractivity contribution in [1.29, 1.82) is 0 Å². The van der Waals surface area contributed by atoms with E-state index in [-0.39, 0.29) is 41.8 Å². The van der Waals surface area contributed by atoms with E-state index >= 15 is 0 Å². The minimum absolute atomic E-state index is 0.0395. The van der Waals surface area contributed by atoms with Crippen LogP contribution in [0.3, 0.4) is 0 Å². The zero-order chi connectivity index (χ0) is 26.4. The standard InChI is InChI=1S/C25H28N6O5S/c1-15-13-19(28-27-15)23(34)29-30-24(35)20-14-37-25(26-20)17-9-11-31(12-10-17)22(33)8-7-21(32)16-3-5-18(36-2)6-4-16/h3-6,13-14,17H,7-12H2,1-2H3,(H,27,28)(H,29,34)(H,30,35). The second-order valence-corrected chi connectivity index (χ2v) is 9.61. The zero-order valence-corrected chi connectivity index (χ0v) is 21.4. The Morgan fingerprint density at radius 1 is 1.05 bits per heavy atom. The number of hydrogen-bond acceptors (Lipinski definition) is 8. The van der Waals surface area contributed by atoms with Gasteiger partial charge in [0, 0.05) is 48.5 Å².